The van der Waals surface area contributed by atoms with E-state index in [0.29, 0.717) is 10.8 Å². The van der Waals surface area contributed by atoms with Crippen molar-refractivity contribution in [2.45, 2.75) is 5.92 Å². The van der Waals surface area contributed by atoms with E-state index < -0.39 is 17.6 Å². The summed E-state index contributed by atoms with van der Waals surface area (Å²) in [5.74, 6) is -2.08. The van der Waals surface area contributed by atoms with Crippen molar-refractivity contribution >= 4 is 22.4 Å². The van der Waals surface area contributed by atoms with Crippen molar-refractivity contribution < 1.29 is 13.6 Å². The normalized spacial score (nSPS) is 10.9. The van der Waals surface area contributed by atoms with E-state index in [1.165, 1.54) is 23.5 Å². The molecule has 6 heteroatoms. The van der Waals surface area contributed by atoms with Gasteiger partial charge in [-0.25, -0.2) is 13.8 Å². The summed E-state index contributed by atoms with van der Waals surface area (Å²) in [6.45, 7) is 0. The number of carbonyl (C=O) groups excluding carboxylic acids is 1. The highest BCUT2D eigenvalue weighted by molar-refractivity contribution is 7.14. The van der Waals surface area contributed by atoms with E-state index in [1.54, 1.807) is 5.38 Å². The second-order valence-corrected chi connectivity index (χ2v) is 7.26. The van der Waals surface area contributed by atoms with Crippen LogP contribution in [0.25, 0.3) is 11.3 Å². The first-order valence-electron chi connectivity index (χ1n) is 8.93. The van der Waals surface area contributed by atoms with Gasteiger partial charge in [0.15, 0.2) is 5.13 Å². The molecule has 0 saturated carbocycles. The maximum Gasteiger partial charge on any atom is 0.238 e. The minimum Gasteiger partial charge on any atom is -0.301 e. The van der Waals surface area contributed by atoms with Gasteiger partial charge in [0.2, 0.25) is 5.91 Å². The minimum absolute atomic E-state index is 0.186. The highest BCUT2D eigenvalue weighted by Crippen LogP contribution is 2.30. The Hall–Kier alpha value is -3.38. The largest absolute Gasteiger partial charge is 0.301 e. The van der Waals surface area contributed by atoms with Crippen LogP contribution in [0.2, 0.25) is 0 Å². The van der Waals surface area contributed by atoms with Gasteiger partial charge in [0.25, 0.3) is 0 Å². The number of carbonyl (C=O) groups is 1. The van der Waals surface area contributed by atoms with Crippen molar-refractivity contribution in [2.24, 2.45) is 0 Å². The predicted molar refractivity (Wildman–Crippen MR) is 111 cm³/mol. The molecule has 0 atom stereocenters. The Balaban J connectivity index is 1.61. The molecule has 0 aliphatic heterocycles. The van der Waals surface area contributed by atoms with Crippen molar-refractivity contribution in [3.63, 3.8) is 0 Å². The van der Waals surface area contributed by atoms with Crippen molar-refractivity contribution in [1.29, 1.82) is 0 Å². The lowest BCUT2D eigenvalue weighted by Gasteiger charge is -2.17. The summed E-state index contributed by atoms with van der Waals surface area (Å²) >= 11 is 1.19. The van der Waals surface area contributed by atoms with Crippen LogP contribution in [-0.2, 0) is 4.79 Å². The molecule has 0 spiro atoms. The molecule has 1 N–H and O–H groups in total. The molecule has 4 aromatic rings. The molecule has 3 aromatic carbocycles. The molecule has 4 rings (SSSR count). The molecule has 0 radical (unpaired) electrons. The van der Waals surface area contributed by atoms with Crippen molar-refractivity contribution in [1.82, 2.24) is 4.98 Å². The molecular formula is C23H16F2N2OS. The highest BCUT2D eigenvalue weighted by atomic mass is 32.1. The van der Waals surface area contributed by atoms with Gasteiger partial charge >= 0.3 is 0 Å². The van der Waals surface area contributed by atoms with E-state index >= 15 is 0 Å². The molecule has 1 heterocycles. The number of thiazole rings is 1. The van der Waals surface area contributed by atoms with Crippen LogP contribution < -0.4 is 5.32 Å². The average Bonchev–Trinajstić information content (AvgIpc) is 3.18. The summed E-state index contributed by atoms with van der Waals surface area (Å²) in [7, 11) is 0. The fraction of sp³-hybridized carbons (Fsp3) is 0.0435. The van der Waals surface area contributed by atoms with Crippen LogP contribution >= 0.6 is 11.3 Å². The van der Waals surface area contributed by atoms with E-state index in [4.69, 9.17) is 0 Å². The van der Waals surface area contributed by atoms with E-state index in [2.05, 4.69) is 10.3 Å². The van der Waals surface area contributed by atoms with Gasteiger partial charge in [0.05, 0.1) is 11.6 Å². The van der Waals surface area contributed by atoms with Gasteiger partial charge in [-0.1, -0.05) is 60.7 Å². The third-order valence-electron chi connectivity index (χ3n) is 4.47. The number of nitrogens with zero attached hydrogens (tertiary/aromatic N) is 1. The lowest BCUT2D eigenvalue weighted by atomic mass is 9.90. The summed E-state index contributed by atoms with van der Waals surface area (Å²) in [5, 5.41) is 4.82. The lowest BCUT2D eigenvalue weighted by molar-refractivity contribution is -0.116. The number of anilines is 1. The van der Waals surface area contributed by atoms with E-state index in [-0.39, 0.29) is 11.5 Å². The summed E-state index contributed by atoms with van der Waals surface area (Å²) in [6.07, 6.45) is 0. The number of aromatic nitrogens is 1. The van der Waals surface area contributed by atoms with E-state index in [1.807, 2.05) is 60.7 Å². The number of halogens is 2. The van der Waals surface area contributed by atoms with Crippen LogP contribution in [0.5, 0.6) is 0 Å². The van der Waals surface area contributed by atoms with Crippen LogP contribution in [0, 0.1) is 11.6 Å². The first-order valence-corrected chi connectivity index (χ1v) is 9.81. The first kappa shape index (κ1) is 19.0. The number of rotatable bonds is 5. The Morgan fingerprint density at radius 2 is 1.52 bits per heavy atom. The maximum atomic E-state index is 14.0. The Kier molecular flexibility index (Phi) is 5.44. The molecular weight excluding hydrogens is 390 g/mol. The number of nitrogens with one attached hydrogen (secondary N) is 1. The molecule has 0 aliphatic carbocycles. The standard InChI is InChI=1S/C23H16F2N2OS/c24-17-11-12-18(19(25)13-17)20-14-29-23(26-20)27-22(28)21(15-7-3-1-4-8-15)16-9-5-2-6-10-16/h1-14,21H,(H,26,27,28). The van der Waals surface area contributed by atoms with Crippen LogP contribution in [0.3, 0.4) is 0 Å². The third kappa shape index (κ3) is 4.22. The van der Waals surface area contributed by atoms with Gasteiger partial charge < -0.3 is 5.32 Å². The molecule has 0 fully saturated rings. The SMILES string of the molecule is O=C(Nc1nc(-c2ccc(F)cc2F)cs1)C(c1ccccc1)c1ccccc1. The minimum atomic E-state index is -0.695. The molecule has 0 bridgehead atoms. The molecule has 0 unspecified atom stereocenters. The monoisotopic (exact) mass is 406 g/mol. The average molecular weight is 406 g/mol. The van der Waals surface area contributed by atoms with Gasteiger partial charge in [-0.15, -0.1) is 11.3 Å². The van der Waals surface area contributed by atoms with Crippen LogP contribution in [0.1, 0.15) is 17.0 Å². The second kappa shape index (κ2) is 8.32. The molecule has 29 heavy (non-hydrogen) atoms. The van der Waals surface area contributed by atoms with Gasteiger partial charge in [-0.2, -0.15) is 0 Å². The van der Waals surface area contributed by atoms with Crippen LogP contribution in [-0.4, -0.2) is 10.9 Å². The summed E-state index contributed by atoms with van der Waals surface area (Å²) < 4.78 is 27.2. The second-order valence-electron chi connectivity index (χ2n) is 6.41. The Morgan fingerprint density at radius 3 is 2.10 bits per heavy atom. The molecule has 1 amide bonds. The smallest absolute Gasteiger partial charge is 0.238 e. The Bertz CT molecular complexity index is 1090. The van der Waals surface area contributed by atoms with Crippen LogP contribution in [0.15, 0.2) is 84.2 Å². The predicted octanol–water partition coefficient (Wildman–Crippen LogP) is 5.86. The quantitative estimate of drug-likeness (QED) is 0.451. The van der Waals surface area contributed by atoms with Crippen molar-refractivity contribution in [3.8, 4) is 11.3 Å². The maximum absolute atomic E-state index is 14.0. The Morgan fingerprint density at radius 1 is 0.897 bits per heavy atom. The number of benzene rings is 3. The van der Waals surface area contributed by atoms with Crippen molar-refractivity contribution in [3.05, 3.63) is 107 Å². The fourth-order valence-electron chi connectivity index (χ4n) is 3.12. The Labute approximate surface area is 170 Å². The van der Waals surface area contributed by atoms with Gasteiger partial charge in [-0.3, -0.25) is 4.79 Å². The summed E-state index contributed by atoms with van der Waals surface area (Å²) in [6, 6.07) is 22.3. The van der Waals surface area contributed by atoms with Gasteiger partial charge in [0, 0.05) is 17.0 Å². The molecule has 0 aliphatic rings. The zero-order valence-corrected chi connectivity index (χ0v) is 16.0. The lowest BCUT2D eigenvalue weighted by Crippen LogP contribution is -2.22. The van der Waals surface area contributed by atoms with Gasteiger partial charge in [-0.05, 0) is 23.3 Å². The van der Waals surface area contributed by atoms with Crippen molar-refractivity contribution in [2.75, 3.05) is 5.32 Å². The number of hydrogen-bond acceptors (Lipinski definition) is 3. The zero-order chi connectivity index (χ0) is 20.2. The summed E-state index contributed by atoms with van der Waals surface area (Å²) in [5.41, 5.74) is 2.25. The molecule has 1 aromatic heterocycles. The van der Waals surface area contributed by atoms with E-state index in [0.717, 1.165) is 17.2 Å². The molecule has 0 saturated heterocycles. The summed E-state index contributed by atoms with van der Waals surface area (Å²) in [4.78, 5) is 17.4. The zero-order valence-electron chi connectivity index (χ0n) is 15.2. The highest BCUT2D eigenvalue weighted by Gasteiger charge is 2.23. The third-order valence-corrected chi connectivity index (χ3v) is 5.23. The molecule has 144 valence electrons. The topological polar surface area (TPSA) is 42.0 Å². The van der Waals surface area contributed by atoms with E-state index in [9.17, 15) is 13.6 Å². The molecule has 3 nitrogen and oxygen atoms in total. The number of amides is 1. The van der Waals surface area contributed by atoms with Gasteiger partial charge in [0.1, 0.15) is 11.6 Å². The van der Waals surface area contributed by atoms with Crippen LogP contribution in [0.4, 0.5) is 13.9 Å². The first-order chi connectivity index (χ1) is 14.1. The fourth-order valence-corrected chi connectivity index (χ4v) is 3.83. The number of hydrogen-bond donors (Lipinski definition) is 1.